The number of hydrogen-bond acceptors (Lipinski definition) is 0. The Hall–Kier alpha value is 0. The Kier molecular flexibility index (Phi) is 11.4. The monoisotopic (exact) mass is 769 g/mol. The van der Waals surface area contributed by atoms with Gasteiger partial charge in [0.05, 0.1) is 0 Å². The third-order valence-electron chi connectivity index (χ3n) is 22.3. The smallest absolute Gasteiger partial charge is 0.0290 e. The summed E-state index contributed by atoms with van der Waals surface area (Å²) in [4.78, 5) is 0. The number of fused-ring (bicyclic) bond motifs is 2. The van der Waals surface area contributed by atoms with Gasteiger partial charge in [0.2, 0.25) is 0 Å². The standard InChI is InChI=1S/C13H22.C12H20.C11H18.C10H16.C9H16.CH4/c1-3-13-7-10-4-11(8-13)6-12(2,5-10)9-13;1-2-12-6-9-3-10(7-12)5-11(4-9)8-12;1-11-5-8-2-9(6-11)4-10(3-8)7-11;1-10-5-7-2-8(6-10)4-9(10)3-7;1-2-8-5-7-3-4-9(8)6-7;/h10-11H,3-9H2,1-2H3;9-11H,2-8H2,1H3;8-10H,2-7H2,1H3;7-9H,2-6H2,1H3;7-9H,2-6H2,1H3;1H4. The zero-order valence-electron chi connectivity index (χ0n) is 37.8. The minimum Gasteiger partial charge on any atom is -0.0776 e. The first kappa shape index (κ1) is 41.4. The zero-order chi connectivity index (χ0) is 37.8. The molecule has 18 bridgehead atoms. The molecule has 18 saturated carbocycles. The minimum atomic E-state index is 0. The summed E-state index contributed by atoms with van der Waals surface area (Å²) < 4.78 is 0. The Morgan fingerprint density at radius 3 is 1.11 bits per heavy atom. The van der Waals surface area contributed by atoms with Crippen LogP contribution in [0.5, 0.6) is 0 Å². The quantitative estimate of drug-likeness (QED) is 0.268. The van der Waals surface area contributed by atoms with E-state index in [9.17, 15) is 0 Å². The van der Waals surface area contributed by atoms with Gasteiger partial charge in [-0.2, -0.15) is 0 Å². The van der Waals surface area contributed by atoms with Gasteiger partial charge in [0, 0.05) is 0 Å². The van der Waals surface area contributed by atoms with E-state index in [1.807, 2.05) is 0 Å². The van der Waals surface area contributed by atoms with Gasteiger partial charge in [-0.15, -0.1) is 0 Å². The van der Waals surface area contributed by atoms with E-state index < -0.39 is 0 Å². The summed E-state index contributed by atoms with van der Waals surface area (Å²) in [5, 5.41) is 0. The van der Waals surface area contributed by atoms with Crippen LogP contribution in [-0.4, -0.2) is 0 Å². The van der Waals surface area contributed by atoms with Gasteiger partial charge in [0.25, 0.3) is 0 Å². The predicted molar refractivity (Wildman–Crippen MR) is 240 cm³/mol. The lowest BCUT2D eigenvalue weighted by atomic mass is 9.44. The van der Waals surface area contributed by atoms with Crippen LogP contribution in [0.1, 0.15) is 242 Å². The Morgan fingerprint density at radius 1 is 0.375 bits per heavy atom. The van der Waals surface area contributed by atoms with Crippen molar-refractivity contribution in [3.05, 3.63) is 0 Å². The summed E-state index contributed by atoms with van der Waals surface area (Å²) in [5.41, 5.74) is 4.04. The van der Waals surface area contributed by atoms with E-state index in [0.29, 0.717) is 0 Å². The molecule has 0 spiro atoms. The second kappa shape index (κ2) is 15.4. The van der Waals surface area contributed by atoms with E-state index in [2.05, 4.69) is 41.5 Å². The number of rotatable bonds is 3. The van der Waals surface area contributed by atoms with Crippen LogP contribution in [0.25, 0.3) is 0 Å². The van der Waals surface area contributed by atoms with Crippen LogP contribution in [0.4, 0.5) is 0 Å². The Labute approximate surface area is 350 Å². The topological polar surface area (TPSA) is 0 Å². The minimum absolute atomic E-state index is 0. The molecular formula is C56H96. The first-order chi connectivity index (χ1) is 26.3. The summed E-state index contributed by atoms with van der Waals surface area (Å²) in [7, 11) is 0. The average Bonchev–Trinajstić information content (AvgIpc) is 3.84. The van der Waals surface area contributed by atoms with Crippen molar-refractivity contribution in [2.75, 3.05) is 0 Å². The Morgan fingerprint density at radius 2 is 0.786 bits per heavy atom. The van der Waals surface area contributed by atoms with Crippen molar-refractivity contribution in [3.63, 3.8) is 0 Å². The summed E-state index contributed by atoms with van der Waals surface area (Å²) >= 11 is 0. The molecule has 0 heteroatoms. The molecule has 18 aliphatic carbocycles. The van der Waals surface area contributed by atoms with Crippen molar-refractivity contribution < 1.29 is 0 Å². The van der Waals surface area contributed by atoms with Gasteiger partial charge in [-0.1, -0.05) is 74.7 Å². The average molecular weight is 769 g/mol. The molecule has 0 nitrogen and oxygen atoms in total. The molecule has 0 aromatic carbocycles. The zero-order valence-corrected chi connectivity index (χ0v) is 37.8. The maximum Gasteiger partial charge on any atom is -0.0290 e. The molecule has 0 aliphatic heterocycles. The molecule has 18 fully saturated rings. The van der Waals surface area contributed by atoms with Gasteiger partial charge in [-0.25, -0.2) is 0 Å². The van der Waals surface area contributed by atoms with Crippen molar-refractivity contribution >= 4 is 0 Å². The molecule has 0 aromatic rings. The predicted octanol–water partition coefficient (Wildman–Crippen LogP) is 17.1. The fourth-order valence-electron chi connectivity index (χ4n) is 21.7. The van der Waals surface area contributed by atoms with E-state index in [-0.39, 0.29) is 7.43 Å². The van der Waals surface area contributed by atoms with Crippen LogP contribution in [0.2, 0.25) is 0 Å². The van der Waals surface area contributed by atoms with Crippen LogP contribution >= 0.6 is 0 Å². The molecule has 0 amide bonds. The van der Waals surface area contributed by atoms with Crippen molar-refractivity contribution in [3.8, 4) is 0 Å². The Balaban J connectivity index is 0.0000000915. The SMILES string of the molecule is C.CC12CC3CC(CC(C3)C1)C2.CC12CC3CC(CC1C3)C2.CCC12CC3CC(CC(C)(C3)C1)C2.CCC12CC3CC(CC(C3)C1)C2.CCC1CC2CCC1C2. The Bertz CT molecular complexity index is 1250. The van der Waals surface area contributed by atoms with Crippen LogP contribution in [0, 0.1) is 110 Å². The molecule has 7 unspecified atom stereocenters. The van der Waals surface area contributed by atoms with Gasteiger partial charge < -0.3 is 0 Å². The van der Waals surface area contributed by atoms with Crippen LogP contribution in [0.3, 0.4) is 0 Å². The summed E-state index contributed by atoms with van der Waals surface area (Å²) in [6.45, 7) is 14.8. The van der Waals surface area contributed by atoms with E-state index in [1.165, 1.54) is 19.3 Å². The summed E-state index contributed by atoms with van der Waals surface area (Å²) in [6, 6.07) is 0. The highest BCUT2D eigenvalue weighted by Gasteiger charge is 2.56. The van der Waals surface area contributed by atoms with Crippen LogP contribution in [-0.2, 0) is 0 Å². The van der Waals surface area contributed by atoms with Crippen molar-refractivity contribution in [1.82, 2.24) is 0 Å². The van der Waals surface area contributed by atoms with Crippen molar-refractivity contribution in [2.45, 2.75) is 242 Å². The molecule has 0 N–H and O–H groups in total. The third kappa shape index (κ3) is 8.08. The molecule has 0 radical (unpaired) electrons. The van der Waals surface area contributed by atoms with E-state index in [4.69, 9.17) is 0 Å². The molecule has 0 saturated heterocycles. The van der Waals surface area contributed by atoms with Crippen molar-refractivity contribution in [2.24, 2.45) is 110 Å². The largest absolute Gasteiger partial charge is 0.0776 e. The molecular weight excluding hydrogens is 673 g/mol. The second-order valence-corrected chi connectivity index (χ2v) is 27.2. The van der Waals surface area contributed by atoms with Gasteiger partial charge >= 0.3 is 0 Å². The molecule has 0 heterocycles. The second-order valence-electron chi connectivity index (χ2n) is 27.2. The van der Waals surface area contributed by atoms with E-state index in [0.717, 1.165) is 110 Å². The van der Waals surface area contributed by atoms with E-state index >= 15 is 0 Å². The molecule has 56 heavy (non-hydrogen) atoms. The highest BCUT2D eigenvalue weighted by molar-refractivity contribution is 5.07. The lowest BCUT2D eigenvalue weighted by Gasteiger charge is -2.61. The lowest BCUT2D eigenvalue weighted by molar-refractivity contribution is -0.103. The van der Waals surface area contributed by atoms with Crippen LogP contribution in [0.15, 0.2) is 0 Å². The number of hydrogen-bond donors (Lipinski definition) is 0. The molecule has 7 atom stereocenters. The van der Waals surface area contributed by atoms with E-state index in [1.54, 1.807) is 173 Å². The molecule has 18 rings (SSSR count). The summed E-state index contributed by atoms with van der Waals surface area (Å²) in [6.07, 6.45) is 47.0. The molecule has 320 valence electrons. The third-order valence-corrected chi connectivity index (χ3v) is 22.3. The molecule has 18 aliphatic rings. The van der Waals surface area contributed by atoms with Gasteiger partial charge in [0.15, 0.2) is 0 Å². The fourth-order valence-corrected chi connectivity index (χ4v) is 21.7. The fraction of sp³-hybridized carbons (Fsp3) is 1.00. The lowest BCUT2D eigenvalue weighted by Crippen LogP contribution is -2.50. The first-order valence-corrected chi connectivity index (χ1v) is 26.3. The summed E-state index contributed by atoms with van der Waals surface area (Å²) in [5.74, 6) is 16.0. The first-order valence-electron chi connectivity index (χ1n) is 26.3. The maximum absolute atomic E-state index is 2.56. The van der Waals surface area contributed by atoms with Gasteiger partial charge in [-0.3, -0.25) is 0 Å². The van der Waals surface area contributed by atoms with Crippen molar-refractivity contribution in [1.29, 1.82) is 0 Å². The highest BCUT2D eigenvalue weighted by atomic mass is 14.6. The molecule has 0 aromatic heterocycles. The van der Waals surface area contributed by atoms with Crippen LogP contribution < -0.4 is 0 Å². The van der Waals surface area contributed by atoms with Gasteiger partial charge in [0.1, 0.15) is 0 Å². The van der Waals surface area contributed by atoms with Gasteiger partial charge in [-0.05, 0) is 277 Å². The normalized spacial score (nSPS) is 56.7. The highest BCUT2D eigenvalue weighted by Crippen LogP contribution is 2.67. The maximum atomic E-state index is 2.56.